The number of anilines is 2. The third-order valence-corrected chi connectivity index (χ3v) is 5.27. The monoisotopic (exact) mass is 422 g/mol. The van der Waals surface area contributed by atoms with Gasteiger partial charge in [-0.3, -0.25) is 0 Å². The Morgan fingerprint density at radius 1 is 1.24 bits per heavy atom. The molecule has 0 unspecified atom stereocenters. The normalized spacial score (nSPS) is 17.7. The lowest BCUT2D eigenvalue weighted by atomic mass is 10.0. The fourth-order valence-corrected chi connectivity index (χ4v) is 3.79. The van der Waals surface area contributed by atoms with Crippen LogP contribution in [-0.2, 0) is 6.18 Å². The van der Waals surface area contributed by atoms with E-state index in [0.717, 1.165) is 31.8 Å². The zero-order valence-electron chi connectivity index (χ0n) is 15.5. The minimum atomic E-state index is -4.60. The maximum atomic E-state index is 13.5. The predicted molar refractivity (Wildman–Crippen MR) is 107 cm³/mol. The lowest BCUT2D eigenvalue weighted by Crippen LogP contribution is -2.50. The maximum absolute atomic E-state index is 13.5. The molecule has 0 amide bonds. The highest BCUT2D eigenvalue weighted by molar-refractivity contribution is 6.34. The fraction of sp³-hybridized carbons (Fsp3) is 0.316. The molecule has 29 heavy (non-hydrogen) atoms. The van der Waals surface area contributed by atoms with E-state index < -0.39 is 11.7 Å². The molecule has 1 aromatic carbocycles. The largest absolute Gasteiger partial charge is 0.418 e. The molecule has 1 aliphatic rings. The molecule has 0 bridgehead atoms. The van der Waals surface area contributed by atoms with E-state index in [9.17, 15) is 13.2 Å². The smallest absolute Gasteiger partial charge is 0.384 e. The summed E-state index contributed by atoms with van der Waals surface area (Å²) in [5.41, 5.74) is 5.03. The standard InChI is InChI=1S/C19H18ClF3N6/c1-10-8-25-4-5-29(10)18-12-6-14(20)11(7-15(12)26-9-27-18)17-13(19(21,22)23)2-3-16(24)28-17/h2-3,6-7,9-10,25H,4-5,8H2,1H3,(H2,24,28)/t10-/m0/s1. The molecule has 1 atom stereocenters. The van der Waals surface area contributed by atoms with Crippen molar-refractivity contribution in [1.29, 1.82) is 0 Å². The van der Waals surface area contributed by atoms with Crippen LogP contribution in [0.25, 0.3) is 22.2 Å². The number of hydrogen-bond acceptors (Lipinski definition) is 6. The molecule has 3 N–H and O–H groups in total. The number of nitrogens with zero attached hydrogens (tertiary/aromatic N) is 4. The highest BCUT2D eigenvalue weighted by Gasteiger charge is 2.35. The average Bonchev–Trinajstić information content (AvgIpc) is 2.66. The summed E-state index contributed by atoms with van der Waals surface area (Å²) in [7, 11) is 0. The van der Waals surface area contributed by atoms with Crippen molar-refractivity contribution in [2.45, 2.75) is 19.1 Å². The highest BCUT2D eigenvalue weighted by atomic mass is 35.5. The minimum Gasteiger partial charge on any atom is -0.384 e. The van der Waals surface area contributed by atoms with E-state index in [1.54, 1.807) is 6.07 Å². The Hall–Kier alpha value is -2.65. The van der Waals surface area contributed by atoms with Crippen molar-refractivity contribution >= 4 is 34.1 Å². The number of aromatic nitrogens is 3. The molecule has 2 aromatic heterocycles. The summed E-state index contributed by atoms with van der Waals surface area (Å²) in [6.07, 6.45) is -3.19. The van der Waals surface area contributed by atoms with Gasteiger partial charge in [0.05, 0.1) is 21.8 Å². The van der Waals surface area contributed by atoms with E-state index >= 15 is 0 Å². The van der Waals surface area contributed by atoms with Crippen molar-refractivity contribution in [1.82, 2.24) is 20.3 Å². The molecule has 4 rings (SSSR count). The summed E-state index contributed by atoms with van der Waals surface area (Å²) < 4.78 is 40.5. The zero-order chi connectivity index (χ0) is 20.8. The highest BCUT2D eigenvalue weighted by Crippen LogP contribution is 2.41. The van der Waals surface area contributed by atoms with Gasteiger partial charge in [0, 0.05) is 36.6 Å². The molecule has 0 radical (unpaired) electrons. The molecule has 0 spiro atoms. The van der Waals surface area contributed by atoms with Crippen molar-refractivity contribution in [2.24, 2.45) is 0 Å². The maximum Gasteiger partial charge on any atom is 0.418 e. The first-order valence-electron chi connectivity index (χ1n) is 9.01. The number of benzene rings is 1. The lowest BCUT2D eigenvalue weighted by Gasteiger charge is -2.35. The second-order valence-electron chi connectivity index (χ2n) is 6.92. The van der Waals surface area contributed by atoms with Gasteiger partial charge in [0.2, 0.25) is 0 Å². The Kier molecular flexibility index (Phi) is 4.95. The summed E-state index contributed by atoms with van der Waals surface area (Å²) in [4.78, 5) is 14.7. The number of alkyl halides is 3. The first-order chi connectivity index (χ1) is 13.8. The van der Waals surface area contributed by atoms with Crippen LogP contribution in [0.4, 0.5) is 24.8 Å². The van der Waals surface area contributed by atoms with Crippen molar-refractivity contribution in [3.8, 4) is 11.3 Å². The van der Waals surface area contributed by atoms with Gasteiger partial charge in [-0.05, 0) is 31.2 Å². The van der Waals surface area contributed by atoms with Crippen molar-refractivity contribution in [2.75, 3.05) is 30.3 Å². The first kappa shape index (κ1) is 19.7. The molecule has 0 aliphatic carbocycles. The number of nitrogen functional groups attached to an aromatic ring is 1. The summed E-state index contributed by atoms with van der Waals surface area (Å²) in [5.74, 6) is 0.677. The Balaban J connectivity index is 1.90. The van der Waals surface area contributed by atoms with Gasteiger partial charge in [0.15, 0.2) is 0 Å². The van der Waals surface area contributed by atoms with Crippen molar-refractivity contribution in [3.05, 3.63) is 41.2 Å². The molecular formula is C19H18ClF3N6. The average molecular weight is 423 g/mol. The van der Waals surface area contributed by atoms with Crippen LogP contribution >= 0.6 is 11.6 Å². The van der Waals surface area contributed by atoms with Crippen molar-refractivity contribution in [3.63, 3.8) is 0 Å². The quantitative estimate of drug-likeness (QED) is 0.655. The van der Waals surface area contributed by atoms with Gasteiger partial charge in [-0.25, -0.2) is 15.0 Å². The van der Waals surface area contributed by atoms with Crippen LogP contribution in [0.5, 0.6) is 0 Å². The van der Waals surface area contributed by atoms with E-state index in [0.29, 0.717) is 16.7 Å². The molecule has 0 saturated carbocycles. The van der Waals surface area contributed by atoms with Crippen LogP contribution in [0.15, 0.2) is 30.6 Å². The molecule has 152 valence electrons. The number of nitrogens with two attached hydrogens (primary N) is 1. The zero-order valence-corrected chi connectivity index (χ0v) is 16.2. The van der Waals surface area contributed by atoms with Gasteiger partial charge in [-0.15, -0.1) is 0 Å². The van der Waals surface area contributed by atoms with E-state index in [1.807, 2.05) is 0 Å². The molecule has 1 aliphatic heterocycles. The van der Waals surface area contributed by atoms with Crippen LogP contribution in [0.2, 0.25) is 5.02 Å². The number of fused-ring (bicyclic) bond motifs is 1. The Bertz CT molecular complexity index is 1070. The third-order valence-electron chi connectivity index (χ3n) is 4.95. The van der Waals surface area contributed by atoms with Crippen LogP contribution in [-0.4, -0.2) is 40.6 Å². The van der Waals surface area contributed by atoms with E-state index in [1.165, 1.54) is 12.4 Å². The molecule has 3 aromatic rings. The molecule has 10 heteroatoms. The number of nitrogens with one attached hydrogen (secondary N) is 1. The predicted octanol–water partition coefficient (Wildman–Crippen LogP) is 3.74. The fourth-order valence-electron chi connectivity index (χ4n) is 3.54. The molecule has 1 saturated heterocycles. The van der Waals surface area contributed by atoms with Crippen LogP contribution < -0.4 is 16.0 Å². The summed E-state index contributed by atoms with van der Waals surface area (Å²) in [6.45, 7) is 4.44. The van der Waals surface area contributed by atoms with Crippen LogP contribution in [0, 0.1) is 0 Å². The lowest BCUT2D eigenvalue weighted by molar-refractivity contribution is -0.137. The summed E-state index contributed by atoms with van der Waals surface area (Å²) in [6, 6.07) is 5.33. The number of piperazine rings is 1. The van der Waals surface area contributed by atoms with Gasteiger partial charge >= 0.3 is 6.18 Å². The second kappa shape index (κ2) is 7.31. The Morgan fingerprint density at radius 3 is 2.76 bits per heavy atom. The van der Waals surface area contributed by atoms with Gasteiger partial charge < -0.3 is 16.0 Å². The first-order valence-corrected chi connectivity index (χ1v) is 9.39. The summed E-state index contributed by atoms with van der Waals surface area (Å²) in [5, 5.41) is 4.11. The molecule has 3 heterocycles. The Morgan fingerprint density at radius 2 is 2.03 bits per heavy atom. The number of hydrogen-bond donors (Lipinski definition) is 2. The molecule has 1 fully saturated rings. The number of halogens is 4. The van der Waals surface area contributed by atoms with E-state index in [4.69, 9.17) is 17.3 Å². The molecular weight excluding hydrogens is 405 g/mol. The SMILES string of the molecule is C[C@H]1CNCCN1c1ncnc2cc(-c3nc(N)ccc3C(F)(F)F)c(Cl)cc12. The number of pyridine rings is 1. The van der Waals surface area contributed by atoms with Crippen LogP contribution in [0.3, 0.4) is 0 Å². The van der Waals surface area contributed by atoms with E-state index in [2.05, 4.69) is 32.1 Å². The van der Waals surface area contributed by atoms with Crippen LogP contribution in [0.1, 0.15) is 12.5 Å². The summed E-state index contributed by atoms with van der Waals surface area (Å²) >= 11 is 6.42. The van der Waals surface area contributed by atoms with Gasteiger partial charge in [-0.2, -0.15) is 13.2 Å². The third kappa shape index (κ3) is 3.67. The minimum absolute atomic E-state index is 0.0258. The van der Waals surface area contributed by atoms with Gasteiger partial charge in [0.1, 0.15) is 18.0 Å². The second-order valence-corrected chi connectivity index (χ2v) is 7.33. The topological polar surface area (TPSA) is 80.0 Å². The van der Waals surface area contributed by atoms with Gasteiger partial charge in [0.25, 0.3) is 0 Å². The molecule has 6 nitrogen and oxygen atoms in total. The van der Waals surface area contributed by atoms with Gasteiger partial charge in [-0.1, -0.05) is 11.6 Å². The van der Waals surface area contributed by atoms with Crippen molar-refractivity contribution < 1.29 is 13.2 Å². The Labute approximate surface area is 169 Å². The van der Waals surface area contributed by atoms with E-state index in [-0.39, 0.29) is 28.1 Å². The number of rotatable bonds is 2.